The predicted octanol–water partition coefficient (Wildman–Crippen LogP) is 3.01. The molecule has 0 aliphatic heterocycles. The van der Waals surface area contributed by atoms with E-state index < -0.39 is 9.05 Å². The molecule has 114 valence electrons. The maximum Gasteiger partial charge on any atom is 0.261 e. The number of nitrogens with zero attached hydrogens (tertiary/aromatic N) is 2. The molecule has 21 heavy (non-hydrogen) atoms. The molecule has 0 atom stereocenters. The summed E-state index contributed by atoms with van der Waals surface area (Å²) in [6.07, 6.45) is 0. The van der Waals surface area contributed by atoms with Crippen LogP contribution in [0.1, 0.15) is 37.0 Å². The fourth-order valence-electron chi connectivity index (χ4n) is 1.69. The summed E-state index contributed by atoms with van der Waals surface area (Å²) in [6, 6.07) is 4.53. The maximum atomic E-state index is 11.3. The summed E-state index contributed by atoms with van der Waals surface area (Å²) in [7, 11) is 1.57. The molecule has 0 radical (unpaired) electrons. The molecule has 0 saturated carbocycles. The lowest BCUT2D eigenvalue weighted by Gasteiger charge is -2.06. The first-order valence-electron chi connectivity index (χ1n) is 6.28. The van der Waals surface area contributed by atoms with Gasteiger partial charge in [-0.1, -0.05) is 19.0 Å². The minimum atomic E-state index is -3.75. The van der Waals surface area contributed by atoms with Crippen LogP contribution >= 0.6 is 10.7 Å². The van der Waals surface area contributed by atoms with Gasteiger partial charge in [0.25, 0.3) is 9.05 Å². The SMILES string of the molecule is Cc1cc(OCc2noc(C(C)C)n2)ccc1S(=O)(=O)Cl. The largest absolute Gasteiger partial charge is 0.485 e. The molecule has 8 heteroatoms. The molecular weight excluding hydrogens is 316 g/mol. The molecule has 0 aliphatic carbocycles. The number of rotatable bonds is 5. The van der Waals surface area contributed by atoms with Gasteiger partial charge in [0.2, 0.25) is 11.7 Å². The van der Waals surface area contributed by atoms with Crippen molar-refractivity contribution in [2.75, 3.05) is 0 Å². The second kappa shape index (κ2) is 6.03. The summed E-state index contributed by atoms with van der Waals surface area (Å²) in [5.74, 6) is 1.65. The molecule has 6 nitrogen and oxygen atoms in total. The van der Waals surface area contributed by atoms with E-state index in [-0.39, 0.29) is 17.4 Å². The Bertz CT molecular complexity index is 740. The highest BCUT2D eigenvalue weighted by molar-refractivity contribution is 8.13. The smallest absolute Gasteiger partial charge is 0.261 e. The first kappa shape index (κ1) is 15.8. The zero-order chi connectivity index (χ0) is 15.6. The molecule has 0 unspecified atom stereocenters. The maximum absolute atomic E-state index is 11.3. The quantitative estimate of drug-likeness (QED) is 0.784. The minimum Gasteiger partial charge on any atom is -0.485 e. The van der Waals surface area contributed by atoms with Crippen molar-refractivity contribution in [2.45, 2.75) is 38.2 Å². The van der Waals surface area contributed by atoms with Gasteiger partial charge < -0.3 is 9.26 Å². The Labute approximate surface area is 127 Å². The standard InChI is InChI=1S/C13H15ClN2O4S/c1-8(2)13-15-12(16-20-13)7-19-10-4-5-11(9(3)6-10)21(14,17)18/h4-6,8H,7H2,1-3H3. The Hall–Kier alpha value is -1.60. The molecule has 0 amide bonds. The van der Waals surface area contributed by atoms with Crippen molar-refractivity contribution in [3.05, 3.63) is 35.5 Å². The van der Waals surface area contributed by atoms with Crippen LogP contribution in [0.2, 0.25) is 0 Å². The summed E-state index contributed by atoms with van der Waals surface area (Å²) >= 11 is 0. The van der Waals surface area contributed by atoms with Crippen molar-refractivity contribution in [1.29, 1.82) is 0 Å². The normalized spacial score (nSPS) is 11.9. The summed E-state index contributed by atoms with van der Waals surface area (Å²) in [4.78, 5) is 4.25. The van der Waals surface area contributed by atoms with Crippen molar-refractivity contribution in [3.8, 4) is 5.75 Å². The molecule has 2 rings (SSSR count). The van der Waals surface area contributed by atoms with Gasteiger partial charge in [-0.2, -0.15) is 4.98 Å². The van der Waals surface area contributed by atoms with Crippen LogP contribution in [0.25, 0.3) is 0 Å². The van der Waals surface area contributed by atoms with Crippen LogP contribution in [-0.4, -0.2) is 18.6 Å². The average molecular weight is 331 g/mol. The van der Waals surface area contributed by atoms with E-state index in [1.165, 1.54) is 12.1 Å². The highest BCUT2D eigenvalue weighted by Gasteiger charge is 2.14. The van der Waals surface area contributed by atoms with Crippen molar-refractivity contribution in [3.63, 3.8) is 0 Å². The second-order valence-corrected chi connectivity index (χ2v) is 7.39. The number of halogens is 1. The van der Waals surface area contributed by atoms with E-state index >= 15 is 0 Å². The van der Waals surface area contributed by atoms with Gasteiger partial charge in [-0.25, -0.2) is 8.42 Å². The second-order valence-electron chi connectivity index (χ2n) is 4.86. The molecule has 0 saturated heterocycles. The number of ether oxygens (including phenoxy) is 1. The van der Waals surface area contributed by atoms with E-state index in [2.05, 4.69) is 10.1 Å². The van der Waals surface area contributed by atoms with E-state index in [0.29, 0.717) is 23.0 Å². The first-order valence-corrected chi connectivity index (χ1v) is 8.59. The number of benzene rings is 1. The molecule has 0 aliphatic rings. The van der Waals surface area contributed by atoms with Crippen molar-refractivity contribution in [1.82, 2.24) is 10.1 Å². The lowest BCUT2D eigenvalue weighted by Crippen LogP contribution is -2.00. The third-order valence-electron chi connectivity index (χ3n) is 2.75. The number of aromatic nitrogens is 2. The van der Waals surface area contributed by atoms with E-state index in [1.54, 1.807) is 13.0 Å². The highest BCUT2D eigenvalue weighted by Crippen LogP contribution is 2.24. The molecule has 0 bridgehead atoms. The predicted molar refractivity (Wildman–Crippen MR) is 76.9 cm³/mol. The summed E-state index contributed by atoms with van der Waals surface area (Å²) in [5.41, 5.74) is 0.512. The Balaban J connectivity index is 2.08. The molecular formula is C13H15ClN2O4S. The van der Waals surface area contributed by atoms with Gasteiger partial charge in [-0.05, 0) is 30.7 Å². The number of aryl methyl sites for hydroxylation is 1. The number of hydrogen-bond donors (Lipinski definition) is 0. The van der Waals surface area contributed by atoms with Gasteiger partial charge in [0.05, 0.1) is 4.90 Å². The monoisotopic (exact) mass is 330 g/mol. The van der Waals surface area contributed by atoms with E-state index in [4.69, 9.17) is 19.9 Å². The summed E-state index contributed by atoms with van der Waals surface area (Å²) < 4.78 is 33.2. The van der Waals surface area contributed by atoms with Crippen LogP contribution in [0.4, 0.5) is 0 Å². The van der Waals surface area contributed by atoms with E-state index in [0.717, 1.165) is 0 Å². The first-order chi connectivity index (χ1) is 9.77. The van der Waals surface area contributed by atoms with Gasteiger partial charge in [0.15, 0.2) is 6.61 Å². The number of hydrogen-bond acceptors (Lipinski definition) is 6. The fourth-order valence-corrected chi connectivity index (χ4v) is 2.89. The van der Waals surface area contributed by atoms with Crippen LogP contribution in [0.5, 0.6) is 5.75 Å². The highest BCUT2D eigenvalue weighted by atomic mass is 35.7. The molecule has 1 aromatic carbocycles. The van der Waals surface area contributed by atoms with Crippen molar-refractivity contribution < 1.29 is 17.7 Å². The summed E-state index contributed by atoms with van der Waals surface area (Å²) in [6.45, 7) is 5.69. The third kappa shape index (κ3) is 3.95. The molecule has 0 spiro atoms. The van der Waals surface area contributed by atoms with Crippen LogP contribution in [-0.2, 0) is 15.7 Å². The Kier molecular flexibility index (Phi) is 4.53. The Morgan fingerprint density at radius 1 is 1.38 bits per heavy atom. The fraction of sp³-hybridized carbons (Fsp3) is 0.385. The van der Waals surface area contributed by atoms with Crippen LogP contribution in [0.15, 0.2) is 27.6 Å². The molecule has 0 fully saturated rings. The minimum absolute atomic E-state index is 0.0678. The van der Waals surface area contributed by atoms with Crippen LogP contribution < -0.4 is 4.74 Å². The van der Waals surface area contributed by atoms with E-state index in [1.807, 2.05) is 13.8 Å². The van der Waals surface area contributed by atoms with Gasteiger partial charge in [-0.3, -0.25) is 0 Å². The lowest BCUT2D eigenvalue weighted by molar-refractivity contribution is 0.284. The van der Waals surface area contributed by atoms with Gasteiger partial charge in [0, 0.05) is 16.6 Å². The van der Waals surface area contributed by atoms with Crippen LogP contribution in [0.3, 0.4) is 0 Å². The molecule has 0 N–H and O–H groups in total. The Morgan fingerprint density at radius 3 is 2.62 bits per heavy atom. The Morgan fingerprint density at radius 2 is 2.10 bits per heavy atom. The molecule has 1 heterocycles. The molecule has 1 aromatic heterocycles. The molecule has 2 aromatic rings. The third-order valence-corrected chi connectivity index (χ3v) is 4.24. The van der Waals surface area contributed by atoms with Gasteiger partial charge in [0.1, 0.15) is 5.75 Å². The van der Waals surface area contributed by atoms with Crippen molar-refractivity contribution >= 4 is 19.7 Å². The summed E-state index contributed by atoms with van der Waals surface area (Å²) in [5, 5.41) is 3.80. The van der Waals surface area contributed by atoms with Crippen LogP contribution in [0, 0.1) is 6.92 Å². The van der Waals surface area contributed by atoms with E-state index in [9.17, 15) is 8.42 Å². The van der Waals surface area contributed by atoms with Gasteiger partial charge in [-0.15, -0.1) is 0 Å². The lowest BCUT2D eigenvalue weighted by atomic mass is 10.2. The van der Waals surface area contributed by atoms with Gasteiger partial charge >= 0.3 is 0 Å². The zero-order valence-corrected chi connectivity index (χ0v) is 13.4. The zero-order valence-electron chi connectivity index (χ0n) is 11.8. The average Bonchev–Trinajstić information content (AvgIpc) is 2.83. The van der Waals surface area contributed by atoms with Crippen molar-refractivity contribution in [2.24, 2.45) is 0 Å². The topological polar surface area (TPSA) is 82.3 Å².